The van der Waals surface area contributed by atoms with Crippen molar-refractivity contribution in [2.24, 2.45) is 7.05 Å². The fraction of sp³-hybridized carbons (Fsp3) is 0.278. The maximum Gasteiger partial charge on any atom is 0.339 e. The van der Waals surface area contributed by atoms with Gasteiger partial charge in [-0.25, -0.2) is 9.59 Å². The summed E-state index contributed by atoms with van der Waals surface area (Å²) in [6.07, 6.45) is 0. The molecule has 1 N–H and O–H groups in total. The number of nitrogens with zero attached hydrogens (tertiary/aromatic N) is 3. The second-order valence-corrected chi connectivity index (χ2v) is 6.15. The Kier molecular flexibility index (Phi) is 4.41. The van der Waals surface area contributed by atoms with E-state index in [0.717, 1.165) is 5.52 Å². The molecule has 0 aliphatic rings. The molecular formula is C18H19N3O5. The third-order valence-electron chi connectivity index (χ3n) is 4.36. The van der Waals surface area contributed by atoms with Gasteiger partial charge in [0.25, 0.3) is 0 Å². The van der Waals surface area contributed by atoms with Gasteiger partial charge in [0, 0.05) is 14.1 Å². The normalized spacial score (nSPS) is 11.0. The van der Waals surface area contributed by atoms with Crippen LogP contribution in [0.5, 0.6) is 0 Å². The average Bonchev–Trinajstić information content (AvgIpc) is 3.08. The van der Waals surface area contributed by atoms with E-state index in [-0.39, 0.29) is 30.2 Å². The number of imidazole rings is 1. The maximum absolute atomic E-state index is 12.5. The van der Waals surface area contributed by atoms with E-state index in [1.165, 1.54) is 20.1 Å². The predicted octanol–water partition coefficient (Wildman–Crippen LogP) is 1.60. The van der Waals surface area contributed by atoms with Crippen LogP contribution in [0.1, 0.15) is 21.9 Å². The van der Waals surface area contributed by atoms with Gasteiger partial charge >= 0.3 is 11.7 Å². The molecule has 0 atom stereocenters. The molecule has 2 heterocycles. The van der Waals surface area contributed by atoms with E-state index < -0.39 is 5.97 Å². The van der Waals surface area contributed by atoms with Crippen LogP contribution < -0.4 is 5.69 Å². The number of carboxylic acids is 1. The number of likely N-dealkylation sites (N-methyl/N-ethyl adjacent to an activating group) is 1. The number of furan rings is 1. The summed E-state index contributed by atoms with van der Waals surface area (Å²) < 4.78 is 8.32. The maximum atomic E-state index is 12.5. The minimum Gasteiger partial charge on any atom is -0.478 e. The highest BCUT2D eigenvalue weighted by Crippen LogP contribution is 2.16. The van der Waals surface area contributed by atoms with Gasteiger partial charge in [0.2, 0.25) is 5.91 Å². The van der Waals surface area contributed by atoms with E-state index in [2.05, 4.69) is 0 Å². The number of aromatic nitrogens is 2. The number of fused-ring (bicyclic) bond motifs is 1. The quantitative estimate of drug-likeness (QED) is 0.748. The molecule has 0 aliphatic heterocycles. The first-order valence-electron chi connectivity index (χ1n) is 8.00. The zero-order valence-electron chi connectivity index (χ0n) is 14.7. The lowest BCUT2D eigenvalue weighted by atomic mass is 10.2. The first kappa shape index (κ1) is 17.5. The first-order chi connectivity index (χ1) is 12.3. The van der Waals surface area contributed by atoms with Gasteiger partial charge in [-0.05, 0) is 25.1 Å². The third kappa shape index (κ3) is 3.01. The molecule has 0 spiro atoms. The second-order valence-electron chi connectivity index (χ2n) is 6.15. The molecule has 136 valence electrons. The van der Waals surface area contributed by atoms with Crippen LogP contribution in [-0.4, -0.2) is 38.1 Å². The summed E-state index contributed by atoms with van der Waals surface area (Å²) >= 11 is 0. The molecule has 0 saturated heterocycles. The highest BCUT2D eigenvalue weighted by atomic mass is 16.4. The van der Waals surface area contributed by atoms with Crippen LogP contribution in [0.15, 0.2) is 39.5 Å². The van der Waals surface area contributed by atoms with Gasteiger partial charge in [0.15, 0.2) is 0 Å². The average molecular weight is 357 g/mol. The molecule has 1 aromatic carbocycles. The van der Waals surface area contributed by atoms with Crippen molar-refractivity contribution in [1.82, 2.24) is 14.0 Å². The number of hydrogen-bond donors (Lipinski definition) is 1. The summed E-state index contributed by atoms with van der Waals surface area (Å²) in [7, 11) is 3.24. The number of aryl methyl sites for hydroxylation is 2. The Morgan fingerprint density at radius 2 is 1.88 bits per heavy atom. The summed E-state index contributed by atoms with van der Waals surface area (Å²) in [6, 6.07) is 8.66. The smallest absolute Gasteiger partial charge is 0.339 e. The standard InChI is InChI=1S/C18H19N3O5/c1-11-13(17(23)24)8-12(26-11)9-19(2)16(22)10-21-15-7-5-4-6-14(15)20(3)18(21)25/h4-8H,9-10H2,1-3H3,(H,23,24). The number of benzene rings is 1. The lowest BCUT2D eigenvalue weighted by molar-refractivity contribution is -0.131. The fourth-order valence-electron chi connectivity index (χ4n) is 2.93. The molecule has 3 rings (SSSR count). The Labute approximate surface area is 148 Å². The predicted molar refractivity (Wildman–Crippen MR) is 94.1 cm³/mol. The summed E-state index contributed by atoms with van der Waals surface area (Å²) in [6.45, 7) is 1.57. The molecular weight excluding hydrogens is 338 g/mol. The zero-order valence-corrected chi connectivity index (χ0v) is 14.7. The number of carbonyl (C=O) groups is 2. The number of aromatic carboxylic acids is 1. The van der Waals surface area contributed by atoms with Gasteiger partial charge in [-0.3, -0.25) is 13.9 Å². The summed E-state index contributed by atoms with van der Waals surface area (Å²) in [4.78, 5) is 37.4. The van der Waals surface area contributed by atoms with Crippen molar-refractivity contribution in [3.05, 3.63) is 57.9 Å². The van der Waals surface area contributed by atoms with Gasteiger partial charge < -0.3 is 14.4 Å². The van der Waals surface area contributed by atoms with Crippen LogP contribution in [0.4, 0.5) is 0 Å². The van der Waals surface area contributed by atoms with Crippen molar-refractivity contribution in [2.45, 2.75) is 20.0 Å². The van der Waals surface area contributed by atoms with E-state index in [4.69, 9.17) is 9.52 Å². The van der Waals surface area contributed by atoms with E-state index in [1.54, 1.807) is 27.1 Å². The van der Waals surface area contributed by atoms with Crippen LogP contribution in [-0.2, 0) is 24.9 Å². The molecule has 26 heavy (non-hydrogen) atoms. The number of para-hydroxylation sites is 2. The van der Waals surface area contributed by atoms with E-state index in [1.807, 2.05) is 18.2 Å². The van der Waals surface area contributed by atoms with Crippen LogP contribution in [0.2, 0.25) is 0 Å². The Hall–Kier alpha value is -3.29. The number of amides is 1. The van der Waals surface area contributed by atoms with Crippen LogP contribution in [0.25, 0.3) is 11.0 Å². The van der Waals surface area contributed by atoms with E-state index >= 15 is 0 Å². The summed E-state index contributed by atoms with van der Waals surface area (Å²) in [5.41, 5.74) is 1.24. The van der Waals surface area contributed by atoms with Crippen molar-refractivity contribution in [1.29, 1.82) is 0 Å². The zero-order chi connectivity index (χ0) is 19.0. The van der Waals surface area contributed by atoms with Crippen molar-refractivity contribution >= 4 is 22.9 Å². The van der Waals surface area contributed by atoms with Crippen LogP contribution >= 0.6 is 0 Å². The monoisotopic (exact) mass is 357 g/mol. The van der Waals surface area contributed by atoms with Gasteiger partial charge in [0.1, 0.15) is 23.6 Å². The molecule has 1 amide bonds. The van der Waals surface area contributed by atoms with Crippen molar-refractivity contribution in [3.63, 3.8) is 0 Å². The SMILES string of the molecule is Cc1oc(CN(C)C(=O)Cn2c(=O)n(C)c3ccccc32)cc1C(=O)O. The Balaban J connectivity index is 1.80. The second kappa shape index (κ2) is 6.55. The minimum absolute atomic E-state index is 0.0751. The van der Waals surface area contributed by atoms with E-state index in [0.29, 0.717) is 17.0 Å². The van der Waals surface area contributed by atoms with Gasteiger partial charge in [-0.1, -0.05) is 12.1 Å². The molecule has 8 heteroatoms. The highest BCUT2D eigenvalue weighted by Gasteiger charge is 2.19. The van der Waals surface area contributed by atoms with Crippen LogP contribution in [0, 0.1) is 6.92 Å². The van der Waals surface area contributed by atoms with Crippen molar-refractivity contribution < 1.29 is 19.1 Å². The lowest BCUT2D eigenvalue weighted by Gasteiger charge is -2.16. The third-order valence-corrected chi connectivity index (χ3v) is 4.36. The molecule has 0 unspecified atom stereocenters. The fourth-order valence-corrected chi connectivity index (χ4v) is 2.93. The molecule has 0 bridgehead atoms. The largest absolute Gasteiger partial charge is 0.478 e. The molecule has 0 fully saturated rings. The van der Waals surface area contributed by atoms with Crippen molar-refractivity contribution in [3.8, 4) is 0 Å². The molecule has 0 aliphatic carbocycles. The van der Waals surface area contributed by atoms with Gasteiger partial charge in [-0.2, -0.15) is 0 Å². The first-order valence-corrected chi connectivity index (χ1v) is 8.00. The minimum atomic E-state index is -1.08. The van der Waals surface area contributed by atoms with Crippen molar-refractivity contribution in [2.75, 3.05) is 7.05 Å². The molecule has 3 aromatic rings. The number of hydrogen-bond acceptors (Lipinski definition) is 4. The van der Waals surface area contributed by atoms with E-state index in [9.17, 15) is 14.4 Å². The number of rotatable bonds is 5. The molecule has 0 radical (unpaired) electrons. The van der Waals surface area contributed by atoms with Gasteiger partial charge in [0.05, 0.1) is 17.6 Å². The van der Waals surface area contributed by atoms with Gasteiger partial charge in [-0.15, -0.1) is 0 Å². The highest BCUT2D eigenvalue weighted by molar-refractivity contribution is 5.88. The van der Waals surface area contributed by atoms with Crippen LogP contribution in [0.3, 0.4) is 0 Å². The molecule has 8 nitrogen and oxygen atoms in total. The summed E-state index contributed by atoms with van der Waals surface area (Å²) in [5.74, 6) is -0.692. The Bertz CT molecular complexity index is 1060. The molecule has 2 aromatic heterocycles. The number of carbonyl (C=O) groups excluding carboxylic acids is 1. The Morgan fingerprint density at radius 1 is 1.23 bits per heavy atom. The Morgan fingerprint density at radius 3 is 2.50 bits per heavy atom. The lowest BCUT2D eigenvalue weighted by Crippen LogP contribution is -2.33. The molecule has 0 saturated carbocycles. The topological polar surface area (TPSA) is 97.7 Å². The number of carboxylic acid groups (broad SMARTS) is 1. The summed E-state index contributed by atoms with van der Waals surface area (Å²) in [5, 5.41) is 9.07.